The quantitative estimate of drug-likeness (QED) is 0.845. The number of benzene rings is 1. The molecular formula is C13H20N2O2. The maximum atomic E-state index is 11.9. The van der Waals surface area contributed by atoms with Gasteiger partial charge in [-0.2, -0.15) is 0 Å². The number of hydrogen-bond donors (Lipinski definition) is 2. The summed E-state index contributed by atoms with van der Waals surface area (Å²) in [5.41, 5.74) is 2.90. The Morgan fingerprint density at radius 2 is 1.94 bits per heavy atom. The minimum Gasteiger partial charge on any atom is -0.394 e. The van der Waals surface area contributed by atoms with Gasteiger partial charge in [-0.1, -0.05) is 18.2 Å². The van der Waals surface area contributed by atoms with E-state index < -0.39 is 0 Å². The van der Waals surface area contributed by atoms with Gasteiger partial charge in [0.25, 0.3) is 0 Å². The second-order valence-electron chi connectivity index (χ2n) is 4.34. The molecule has 94 valence electrons. The number of hydrogen-bond acceptors (Lipinski definition) is 2. The molecular weight excluding hydrogens is 216 g/mol. The van der Waals surface area contributed by atoms with Crippen molar-refractivity contribution in [3.05, 3.63) is 29.3 Å². The molecule has 1 rings (SSSR count). The van der Waals surface area contributed by atoms with Crippen LogP contribution in [0.5, 0.6) is 0 Å². The number of urea groups is 1. The predicted molar refractivity (Wildman–Crippen MR) is 69.2 cm³/mol. The summed E-state index contributed by atoms with van der Waals surface area (Å²) in [6, 6.07) is 5.47. The number of amides is 2. The van der Waals surface area contributed by atoms with Gasteiger partial charge >= 0.3 is 6.03 Å². The molecule has 0 bridgehead atoms. The second kappa shape index (κ2) is 5.68. The van der Waals surface area contributed by atoms with Crippen molar-refractivity contribution in [1.82, 2.24) is 4.90 Å². The number of nitrogens with one attached hydrogen (secondary N) is 1. The number of rotatable bonds is 3. The van der Waals surface area contributed by atoms with E-state index in [4.69, 9.17) is 5.11 Å². The molecule has 0 radical (unpaired) electrons. The molecule has 1 atom stereocenters. The van der Waals surface area contributed by atoms with Crippen molar-refractivity contribution in [3.8, 4) is 0 Å². The Morgan fingerprint density at radius 3 is 2.41 bits per heavy atom. The maximum Gasteiger partial charge on any atom is 0.321 e. The van der Waals surface area contributed by atoms with Gasteiger partial charge in [-0.05, 0) is 31.9 Å². The first kappa shape index (κ1) is 13.5. The Kier molecular flexibility index (Phi) is 4.52. The molecule has 0 aliphatic carbocycles. The van der Waals surface area contributed by atoms with E-state index in [1.54, 1.807) is 14.0 Å². The Hall–Kier alpha value is -1.55. The fraction of sp³-hybridized carbons (Fsp3) is 0.462. The lowest BCUT2D eigenvalue weighted by Crippen LogP contribution is -2.40. The molecule has 0 aliphatic heterocycles. The number of para-hydroxylation sites is 1. The van der Waals surface area contributed by atoms with E-state index in [-0.39, 0.29) is 18.7 Å². The summed E-state index contributed by atoms with van der Waals surface area (Å²) >= 11 is 0. The fourth-order valence-electron chi connectivity index (χ4n) is 1.53. The summed E-state index contributed by atoms with van der Waals surface area (Å²) in [7, 11) is 1.67. The molecule has 1 unspecified atom stereocenters. The third-order valence-electron chi connectivity index (χ3n) is 2.96. The lowest BCUT2D eigenvalue weighted by Gasteiger charge is -2.24. The Morgan fingerprint density at radius 1 is 1.41 bits per heavy atom. The minimum atomic E-state index is -0.205. The zero-order chi connectivity index (χ0) is 13.0. The molecule has 1 aromatic rings. The van der Waals surface area contributed by atoms with Crippen LogP contribution in [0.15, 0.2) is 18.2 Å². The van der Waals surface area contributed by atoms with Gasteiger partial charge in [-0.3, -0.25) is 0 Å². The van der Waals surface area contributed by atoms with Crippen LogP contribution >= 0.6 is 0 Å². The standard InChI is InChI=1S/C13H20N2O2/c1-9-6-5-7-10(2)12(9)14-13(17)15(4)11(3)8-16/h5-7,11,16H,8H2,1-4H3,(H,14,17). The summed E-state index contributed by atoms with van der Waals surface area (Å²) in [6.07, 6.45) is 0. The highest BCUT2D eigenvalue weighted by atomic mass is 16.3. The van der Waals surface area contributed by atoms with Gasteiger partial charge < -0.3 is 15.3 Å². The van der Waals surface area contributed by atoms with Crippen molar-refractivity contribution in [2.45, 2.75) is 26.8 Å². The van der Waals surface area contributed by atoms with E-state index in [1.165, 1.54) is 4.90 Å². The molecule has 0 aromatic heterocycles. The SMILES string of the molecule is Cc1cccc(C)c1NC(=O)N(C)C(C)CO. The molecule has 4 nitrogen and oxygen atoms in total. The molecule has 2 amide bonds. The van der Waals surface area contributed by atoms with Crippen LogP contribution in [0.25, 0.3) is 0 Å². The number of aryl methyl sites for hydroxylation is 2. The highest BCUT2D eigenvalue weighted by Crippen LogP contribution is 2.19. The number of anilines is 1. The first-order valence-electron chi connectivity index (χ1n) is 5.68. The summed E-state index contributed by atoms with van der Waals surface area (Å²) in [5, 5.41) is 11.9. The lowest BCUT2D eigenvalue weighted by molar-refractivity contribution is 0.166. The average Bonchev–Trinajstić information content (AvgIpc) is 2.31. The summed E-state index contributed by atoms with van der Waals surface area (Å²) in [5.74, 6) is 0. The van der Waals surface area contributed by atoms with Gasteiger partial charge in [0.1, 0.15) is 0 Å². The molecule has 17 heavy (non-hydrogen) atoms. The van der Waals surface area contributed by atoms with Gasteiger partial charge in [-0.15, -0.1) is 0 Å². The monoisotopic (exact) mass is 236 g/mol. The average molecular weight is 236 g/mol. The molecule has 0 saturated carbocycles. The van der Waals surface area contributed by atoms with Crippen molar-refractivity contribution in [2.75, 3.05) is 19.0 Å². The first-order chi connectivity index (χ1) is 7.97. The molecule has 1 aromatic carbocycles. The van der Waals surface area contributed by atoms with E-state index >= 15 is 0 Å². The van der Waals surface area contributed by atoms with Crippen LogP contribution in [0.2, 0.25) is 0 Å². The summed E-state index contributed by atoms with van der Waals surface area (Å²) in [6.45, 7) is 5.66. The van der Waals surface area contributed by atoms with Crippen LogP contribution in [-0.2, 0) is 0 Å². The van der Waals surface area contributed by atoms with Gasteiger partial charge in [0.05, 0.1) is 12.6 Å². The summed E-state index contributed by atoms with van der Waals surface area (Å²) in [4.78, 5) is 13.4. The van der Waals surface area contributed by atoms with Gasteiger partial charge in [-0.25, -0.2) is 4.79 Å². The minimum absolute atomic E-state index is 0.0450. The molecule has 2 N–H and O–H groups in total. The lowest BCUT2D eigenvalue weighted by atomic mass is 10.1. The van der Waals surface area contributed by atoms with E-state index in [0.29, 0.717) is 0 Å². The second-order valence-corrected chi connectivity index (χ2v) is 4.34. The van der Waals surface area contributed by atoms with Crippen molar-refractivity contribution in [3.63, 3.8) is 0 Å². The number of aliphatic hydroxyl groups excluding tert-OH is 1. The van der Waals surface area contributed by atoms with Gasteiger partial charge in [0, 0.05) is 12.7 Å². The number of carbonyl (C=O) groups excluding carboxylic acids is 1. The third kappa shape index (κ3) is 3.20. The highest BCUT2D eigenvalue weighted by Gasteiger charge is 2.16. The van der Waals surface area contributed by atoms with Crippen LogP contribution in [0.3, 0.4) is 0 Å². The van der Waals surface area contributed by atoms with Crippen LogP contribution in [0, 0.1) is 13.8 Å². The van der Waals surface area contributed by atoms with E-state index in [0.717, 1.165) is 16.8 Å². The van der Waals surface area contributed by atoms with E-state index in [9.17, 15) is 4.79 Å². The Bertz CT molecular complexity index is 384. The normalized spacial score (nSPS) is 12.1. The zero-order valence-corrected chi connectivity index (χ0v) is 10.8. The fourth-order valence-corrected chi connectivity index (χ4v) is 1.53. The molecule has 0 spiro atoms. The third-order valence-corrected chi connectivity index (χ3v) is 2.96. The van der Waals surface area contributed by atoms with Crippen LogP contribution in [-0.4, -0.2) is 35.7 Å². The highest BCUT2D eigenvalue weighted by molar-refractivity contribution is 5.91. The van der Waals surface area contributed by atoms with E-state index in [2.05, 4.69) is 5.32 Å². The predicted octanol–water partition coefficient (Wildman–Crippen LogP) is 2.15. The molecule has 0 fully saturated rings. The number of likely N-dealkylation sites (N-methyl/N-ethyl adjacent to an activating group) is 1. The number of nitrogens with zero attached hydrogens (tertiary/aromatic N) is 1. The number of carbonyl (C=O) groups is 1. The Balaban J connectivity index is 2.81. The smallest absolute Gasteiger partial charge is 0.321 e. The largest absolute Gasteiger partial charge is 0.394 e. The van der Waals surface area contributed by atoms with Gasteiger partial charge in [0.2, 0.25) is 0 Å². The van der Waals surface area contributed by atoms with Crippen LogP contribution < -0.4 is 5.32 Å². The molecule has 0 aliphatic rings. The van der Waals surface area contributed by atoms with Crippen molar-refractivity contribution < 1.29 is 9.90 Å². The Labute approximate surface area is 102 Å². The van der Waals surface area contributed by atoms with Crippen molar-refractivity contribution in [1.29, 1.82) is 0 Å². The van der Waals surface area contributed by atoms with Gasteiger partial charge in [0.15, 0.2) is 0 Å². The van der Waals surface area contributed by atoms with Crippen LogP contribution in [0.1, 0.15) is 18.1 Å². The van der Waals surface area contributed by atoms with Crippen LogP contribution in [0.4, 0.5) is 10.5 Å². The zero-order valence-electron chi connectivity index (χ0n) is 10.8. The molecule has 0 saturated heterocycles. The maximum absolute atomic E-state index is 11.9. The number of aliphatic hydroxyl groups is 1. The molecule has 0 heterocycles. The van der Waals surface area contributed by atoms with Crippen molar-refractivity contribution >= 4 is 11.7 Å². The van der Waals surface area contributed by atoms with E-state index in [1.807, 2.05) is 32.0 Å². The summed E-state index contributed by atoms with van der Waals surface area (Å²) < 4.78 is 0. The first-order valence-corrected chi connectivity index (χ1v) is 5.68. The molecule has 4 heteroatoms. The topological polar surface area (TPSA) is 52.6 Å². The van der Waals surface area contributed by atoms with Crippen molar-refractivity contribution in [2.24, 2.45) is 0 Å².